The predicted octanol–water partition coefficient (Wildman–Crippen LogP) is 6.09. The van der Waals surface area contributed by atoms with E-state index in [1.807, 2.05) is 38.1 Å². The number of hydrogen-bond donors (Lipinski definition) is 2. The Kier molecular flexibility index (Phi) is 6.73. The highest BCUT2D eigenvalue weighted by Gasteiger charge is 2.43. The summed E-state index contributed by atoms with van der Waals surface area (Å²) >= 11 is 0. The lowest BCUT2D eigenvalue weighted by molar-refractivity contribution is -0.307. The lowest BCUT2D eigenvalue weighted by Gasteiger charge is -2.44. The van der Waals surface area contributed by atoms with Crippen LogP contribution in [0, 0.1) is 19.3 Å². The van der Waals surface area contributed by atoms with Gasteiger partial charge in [0, 0.05) is 11.1 Å². The molecule has 4 rings (SSSR count). The number of phenolic OH excluding ortho intramolecular Hbond substituents is 2. The molecule has 0 bridgehead atoms. The maximum atomic E-state index is 10.5. The van der Waals surface area contributed by atoms with Gasteiger partial charge in [0.15, 0.2) is 12.6 Å². The van der Waals surface area contributed by atoms with Gasteiger partial charge in [0.1, 0.15) is 11.5 Å². The molecule has 0 amide bonds. The van der Waals surface area contributed by atoms with Crippen LogP contribution in [0.1, 0.15) is 87.5 Å². The van der Waals surface area contributed by atoms with Crippen molar-refractivity contribution in [1.29, 1.82) is 0 Å². The zero-order valence-electron chi connectivity index (χ0n) is 22.3. The maximum absolute atomic E-state index is 10.5. The van der Waals surface area contributed by atoms with Crippen molar-refractivity contribution < 1.29 is 29.2 Å². The zero-order chi connectivity index (χ0) is 25.8. The topological polar surface area (TPSA) is 77.4 Å². The molecule has 192 valence electrons. The number of rotatable bonds is 2. The van der Waals surface area contributed by atoms with Gasteiger partial charge in [-0.15, -0.1) is 0 Å². The summed E-state index contributed by atoms with van der Waals surface area (Å²) in [6.07, 6.45) is -0.985. The minimum atomic E-state index is -0.493. The number of phenols is 2. The van der Waals surface area contributed by atoms with Crippen LogP contribution >= 0.6 is 0 Å². The van der Waals surface area contributed by atoms with Gasteiger partial charge in [0.25, 0.3) is 0 Å². The van der Waals surface area contributed by atoms with Gasteiger partial charge in [-0.3, -0.25) is 0 Å². The van der Waals surface area contributed by atoms with Crippen molar-refractivity contribution >= 4 is 0 Å². The first-order valence-corrected chi connectivity index (χ1v) is 12.3. The Labute approximate surface area is 209 Å². The molecule has 6 nitrogen and oxygen atoms in total. The average molecular weight is 485 g/mol. The summed E-state index contributed by atoms with van der Waals surface area (Å²) < 4.78 is 24.7. The van der Waals surface area contributed by atoms with Crippen LogP contribution in [0.4, 0.5) is 0 Å². The van der Waals surface area contributed by atoms with Crippen LogP contribution in [0.25, 0.3) is 0 Å². The standard InChI is InChI=1S/C29H40O6/c1-17-9-19(11-21(23(17)30)27(3,4)5)25-32-13-29(14-33-25)15-34-26(35-16-29)20-10-18(2)24(31)22(12-20)28(6,7)8/h9-12,25-26,30-31H,13-16H2,1-8H3. The van der Waals surface area contributed by atoms with Crippen molar-refractivity contribution in [3.05, 3.63) is 57.6 Å². The number of hydrogen-bond acceptors (Lipinski definition) is 6. The fourth-order valence-corrected chi connectivity index (χ4v) is 4.77. The number of ether oxygens (including phenoxy) is 4. The molecular formula is C29H40O6. The van der Waals surface area contributed by atoms with Crippen molar-refractivity contribution in [3.63, 3.8) is 0 Å². The van der Waals surface area contributed by atoms with Gasteiger partial charge in [0.05, 0.1) is 31.8 Å². The normalized spacial score (nSPS) is 25.7. The summed E-state index contributed by atoms with van der Waals surface area (Å²) in [5, 5.41) is 21.1. The smallest absolute Gasteiger partial charge is 0.183 e. The van der Waals surface area contributed by atoms with Crippen molar-refractivity contribution in [2.45, 2.75) is 78.8 Å². The van der Waals surface area contributed by atoms with Crippen LogP contribution in [0.2, 0.25) is 0 Å². The minimum Gasteiger partial charge on any atom is -0.507 e. The highest BCUT2D eigenvalue weighted by Crippen LogP contribution is 2.42. The van der Waals surface area contributed by atoms with Crippen LogP contribution in [0.3, 0.4) is 0 Å². The Morgan fingerprint density at radius 3 is 1.23 bits per heavy atom. The lowest BCUT2D eigenvalue weighted by Crippen LogP contribution is -2.49. The molecule has 1 spiro atoms. The predicted molar refractivity (Wildman–Crippen MR) is 135 cm³/mol. The van der Waals surface area contributed by atoms with Gasteiger partial charge < -0.3 is 29.2 Å². The molecule has 0 saturated carbocycles. The molecule has 2 aliphatic heterocycles. The molecule has 6 heteroatoms. The van der Waals surface area contributed by atoms with Gasteiger partial charge in [-0.25, -0.2) is 0 Å². The van der Waals surface area contributed by atoms with Gasteiger partial charge in [-0.05, 0) is 71.2 Å². The van der Waals surface area contributed by atoms with Crippen LogP contribution in [0.5, 0.6) is 11.5 Å². The average Bonchev–Trinajstić information content (AvgIpc) is 2.77. The number of aryl methyl sites for hydroxylation is 2. The summed E-state index contributed by atoms with van der Waals surface area (Å²) in [6, 6.07) is 7.82. The van der Waals surface area contributed by atoms with Crippen LogP contribution in [-0.4, -0.2) is 36.6 Å². The van der Waals surface area contributed by atoms with E-state index in [0.29, 0.717) is 37.9 Å². The third kappa shape index (κ3) is 5.21. The molecule has 0 atom stereocenters. The monoisotopic (exact) mass is 484 g/mol. The highest BCUT2D eigenvalue weighted by atomic mass is 16.7. The molecule has 2 fully saturated rings. The molecule has 0 unspecified atom stereocenters. The summed E-state index contributed by atoms with van der Waals surface area (Å²) in [6.45, 7) is 18.1. The first-order valence-electron chi connectivity index (χ1n) is 12.3. The Hall–Kier alpha value is -2.12. The van der Waals surface area contributed by atoms with Gasteiger partial charge in [0.2, 0.25) is 0 Å². The summed E-state index contributed by atoms with van der Waals surface area (Å²) in [7, 11) is 0. The molecule has 2 N–H and O–H groups in total. The van der Waals surface area contributed by atoms with E-state index in [4.69, 9.17) is 18.9 Å². The zero-order valence-corrected chi connectivity index (χ0v) is 22.3. The molecule has 2 heterocycles. The van der Waals surface area contributed by atoms with E-state index in [1.165, 1.54) is 0 Å². The molecule has 35 heavy (non-hydrogen) atoms. The summed E-state index contributed by atoms with van der Waals surface area (Å²) in [4.78, 5) is 0. The molecule has 0 radical (unpaired) electrons. The molecule has 2 aromatic rings. The van der Waals surface area contributed by atoms with E-state index < -0.39 is 12.6 Å². The molecular weight excluding hydrogens is 444 g/mol. The first kappa shape index (κ1) is 26.0. The third-order valence-corrected chi connectivity index (χ3v) is 6.97. The molecule has 0 aromatic heterocycles. The third-order valence-electron chi connectivity index (χ3n) is 6.97. The van der Waals surface area contributed by atoms with E-state index in [1.54, 1.807) is 0 Å². The first-order chi connectivity index (χ1) is 16.2. The van der Waals surface area contributed by atoms with Crippen molar-refractivity contribution in [2.24, 2.45) is 5.41 Å². The van der Waals surface area contributed by atoms with E-state index in [2.05, 4.69) is 41.5 Å². The van der Waals surface area contributed by atoms with Crippen LogP contribution in [0.15, 0.2) is 24.3 Å². The molecule has 2 aromatic carbocycles. The van der Waals surface area contributed by atoms with E-state index in [-0.39, 0.29) is 16.2 Å². The van der Waals surface area contributed by atoms with Crippen LogP contribution in [-0.2, 0) is 29.8 Å². The van der Waals surface area contributed by atoms with E-state index in [9.17, 15) is 10.2 Å². The minimum absolute atomic E-state index is 0.194. The molecule has 2 aliphatic rings. The fraction of sp³-hybridized carbons (Fsp3) is 0.586. The van der Waals surface area contributed by atoms with E-state index in [0.717, 1.165) is 33.4 Å². The van der Waals surface area contributed by atoms with Gasteiger partial charge >= 0.3 is 0 Å². The lowest BCUT2D eigenvalue weighted by atomic mass is 9.83. The molecule has 2 saturated heterocycles. The molecule has 0 aliphatic carbocycles. The second kappa shape index (κ2) is 9.07. The fourth-order valence-electron chi connectivity index (χ4n) is 4.77. The Bertz CT molecular complexity index is 985. The quantitative estimate of drug-likeness (QED) is 0.537. The van der Waals surface area contributed by atoms with Crippen molar-refractivity contribution in [2.75, 3.05) is 26.4 Å². The van der Waals surface area contributed by atoms with Crippen molar-refractivity contribution in [1.82, 2.24) is 0 Å². The van der Waals surface area contributed by atoms with Crippen LogP contribution < -0.4 is 0 Å². The summed E-state index contributed by atoms with van der Waals surface area (Å²) in [5.74, 6) is 0.653. The SMILES string of the molecule is Cc1cc(C2OCC3(CO2)COC(c2cc(C)c(O)c(C(C)(C)C)c2)OC3)cc(C(C)(C)C)c1O. The number of benzene rings is 2. The largest absolute Gasteiger partial charge is 0.507 e. The maximum Gasteiger partial charge on any atom is 0.183 e. The Morgan fingerprint density at radius 1 is 0.629 bits per heavy atom. The highest BCUT2D eigenvalue weighted by molar-refractivity contribution is 5.47. The van der Waals surface area contributed by atoms with Crippen molar-refractivity contribution in [3.8, 4) is 11.5 Å². The Morgan fingerprint density at radius 2 is 0.943 bits per heavy atom. The van der Waals surface area contributed by atoms with Gasteiger partial charge in [-0.1, -0.05) is 41.5 Å². The number of aromatic hydroxyl groups is 2. The van der Waals surface area contributed by atoms with Gasteiger partial charge in [-0.2, -0.15) is 0 Å². The van der Waals surface area contributed by atoms with E-state index >= 15 is 0 Å². The Balaban J connectivity index is 1.44. The second-order valence-electron chi connectivity index (χ2n) is 12.4. The summed E-state index contributed by atoms with van der Waals surface area (Å²) in [5.41, 5.74) is 4.44. The second-order valence-corrected chi connectivity index (χ2v) is 12.4.